The molecule has 5 aromatic heterocycles. The van der Waals surface area contributed by atoms with Gasteiger partial charge in [-0.1, -0.05) is 0 Å². The van der Waals surface area contributed by atoms with E-state index in [1.807, 2.05) is 0 Å². The normalized spacial score (nSPS) is 30.9. The molecule has 5 fully saturated rings. The molecular weight excluding hydrogens is 1170 g/mol. The highest BCUT2D eigenvalue weighted by Crippen LogP contribution is 2.42. The van der Waals surface area contributed by atoms with Crippen LogP contribution in [0.5, 0.6) is 0 Å². The van der Waals surface area contributed by atoms with Gasteiger partial charge in [0, 0.05) is 25.2 Å². The lowest BCUT2D eigenvalue weighted by molar-refractivity contribution is -0.140. The smallest absolute Gasteiger partial charge is 0.354 e. The number of aromatic amines is 1. The predicted molar refractivity (Wildman–Crippen MR) is 270 cm³/mol. The van der Waals surface area contributed by atoms with Crippen LogP contribution in [0.15, 0.2) is 72.1 Å². The van der Waals surface area contributed by atoms with Crippen molar-refractivity contribution < 1.29 is 98.1 Å². The van der Waals surface area contributed by atoms with Gasteiger partial charge in [0.1, 0.15) is 91.7 Å². The van der Waals surface area contributed by atoms with Crippen LogP contribution in [0.25, 0.3) is 0 Å². The molecule has 0 spiro atoms. The molecule has 0 saturated carbocycles. The van der Waals surface area contributed by atoms with Crippen LogP contribution in [-0.2, 0) is 23.7 Å². The summed E-state index contributed by atoms with van der Waals surface area (Å²) in [4.78, 5) is 90.7. The van der Waals surface area contributed by atoms with Gasteiger partial charge in [0.25, 0.3) is 5.56 Å². The molecule has 10 heterocycles. The molecule has 470 valence electrons. The fraction of sp³-hybridized carbons (Fsp3) is 0.581. The number of ether oxygens (including phenoxy) is 5. The van der Waals surface area contributed by atoms with Gasteiger partial charge in [0.05, 0.1) is 51.4 Å². The van der Waals surface area contributed by atoms with E-state index in [9.17, 15) is 77.7 Å². The van der Waals surface area contributed by atoms with Gasteiger partial charge in [0.2, 0.25) is 23.9 Å². The minimum Gasteiger partial charge on any atom is -0.394 e. The second-order valence-corrected chi connectivity index (χ2v) is 18.6. The van der Waals surface area contributed by atoms with Crippen molar-refractivity contribution in [1.29, 1.82) is 0 Å². The Morgan fingerprint density at radius 3 is 1.34 bits per heavy atom. The van der Waals surface area contributed by atoms with Gasteiger partial charge in [-0.3, -0.25) is 32.6 Å². The van der Waals surface area contributed by atoms with Gasteiger partial charge in [-0.15, -0.1) is 0 Å². The molecule has 5 aromatic rings. The lowest BCUT2D eigenvalue weighted by Gasteiger charge is -2.20. The van der Waals surface area contributed by atoms with Crippen LogP contribution in [0.3, 0.4) is 0 Å². The number of nitrogen functional groups attached to an aromatic ring is 4. The topological polar surface area (TPSA) is 613 Å². The van der Waals surface area contributed by atoms with Gasteiger partial charge in [-0.2, -0.15) is 33.1 Å². The third-order valence-electron chi connectivity index (χ3n) is 12.9. The Hall–Kier alpha value is -7.63. The number of nitrogens with two attached hydrogens (primary N) is 4. The zero-order valence-corrected chi connectivity index (χ0v) is 43.5. The summed E-state index contributed by atoms with van der Waals surface area (Å²) in [7, 11) is 0. The summed E-state index contributed by atoms with van der Waals surface area (Å²) >= 11 is 0. The zero-order valence-electron chi connectivity index (χ0n) is 43.5. The maximum absolute atomic E-state index is 13.7. The summed E-state index contributed by atoms with van der Waals surface area (Å²) < 4.78 is 70.4. The molecule has 39 nitrogen and oxygen atoms in total. The monoisotopic (exact) mass is 1220 g/mol. The third-order valence-corrected chi connectivity index (χ3v) is 12.9. The molecule has 5 aliphatic rings. The first-order valence-electron chi connectivity index (χ1n) is 24.7. The van der Waals surface area contributed by atoms with Gasteiger partial charge < -0.3 is 108 Å². The summed E-state index contributed by atoms with van der Waals surface area (Å²) in [5.74, 6) is -5.20. The van der Waals surface area contributed by atoms with Crippen molar-refractivity contribution in [2.45, 2.75) is 123 Å². The van der Waals surface area contributed by atoms with E-state index in [4.69, 9.17) is 72.2 Å². The summed E-state index contributed by atoms with van der Waals surface area (Å²) in [6, 6.07) is 2.52. The molecular formula is C43H59F3N16O23. The Balaban J connectivity index is 0.000000170. The number of rotatable bonds is 10. The quantitative estimate of drug-likeness (QED) is 0.0617. The van der Waals surface area contributed by atoms with E-state index in [1.54, 1.807) is 4.98 Å². The summed E-state index contributed by atoms with van der Waals surface area (Å²) in [6.07, 6.45) is -14.3. The summed E-state index contributed by atoms with van der Waals surface area (Å²) in [6.45, 7) is -2.42. The van der Waals surface area contributed by atoms with Crippen LogP contribution in [0.2, 0.25) is 0 Å². The Labute approximate surface area is 469 Å². The molecule has 0 bridgehead atoms. The van der Waals surface area contributed by atoms with Crippen molar-refractivity contribution in [1.82, 2.24) is 57.7 Å². The van der Waals surface area contributed by atoms with Crippen molar-refractivity contribution in [2.75, 3.05) is 56.0 Å². The maximum atomic E-state index is 13.7. The highest BCUT2D eigenvalue weighted by Gasteiger charge is 2.59. The number of anilines is 4. The van der Waals surface area contributed by atoms with Crippen molar-refractivity contribution >= 4 is 23.5 Å². The third kappa shape index (κ3) is 15.3. The molecule has 42 heteroatoms. The van der Waals surface area contributed by atoms with Crippen molar-refractivity contribution in [3.05, 3.63) is 112 Å². The van der Waals surface area contributed by atoms with Crippen LogP contribution in [0, 0.1) is 5.82 Å². The largest absolute Gasteiger partial charge is 0.394 e. The van der Waals surface area contributed by atoms with Gasteiger partial charge >= 0.3 is 34.4 Å². The molecule has 0 aliphatic carbocycles. The average molecular weight is 1230 g/mol. The first-order valence-corrected chi connectivity index (χ1v) is 24.7. The van der Waals surface area contributed by atoms with Gasteiger partial charge in [-0.05, 0) is 12.1 Å². The number of nitrogens with zero attached hydrogens (tertiary/aromatic N) is 11. The number of halogens is 3. The second kappa shape index (κ2) is 28.5. The SMILES string of the molecule is Nc1ccn([C@@H]2O[C@H](CO)C(O)C2(F)F)c(=O)n1.Nc1ccn([C@@H]2O[C@H](CO)C(O)C2O)c(=O)n1.Nc1ncn([C@@H]2O[C@H](CO)C(O)C2O)c(=O)n1.Nc1ncn([C@H]2CC(O)[C@@H](CO)O2)c(=O)n1.O=c1[nH]c(=O)n([C@H]2CC(O)[C@@H](CO)O2)cc1F. The number of hydrogen-bond acceptors (Lipinski definition) is 33. The molecule has 0 amide bonds. The zero-order chi connectivity index (χ0) is 62.9. The van der Waals surface area contributed by atoms with Crippen molar-refractivity contribution in [2.24, 2.45) is 0 Å². The maximum Gasteiger partial charge on any atom is 0.354 e. The summed E-state index contributed by atoms with van der Waals surface area (Å²) in [5, 5.41) is 111. The molecule has 10 rings (SSSR count). The van der Waals surface area contributed by atoms with Crippen molar-refractivity contribution in [3.8, 4) is 0 Å². The van der Waals surface area contributed by atoms with Crippen LogP contribution in [-0.4, -0.2) is 231 Å². The Morgan fingerprint density at radius 1 is 0.529 bits per heavy atom. The number of aromatic nitrogens is 12. The number of alkyl halides is 2. The molecule has 0 radical (unpaired) electrons. The van der Waals surface area contributed by atoms with E-state index in [1.165, 1.54) is 18.6 Å². The highest BCUT2D eigenvalue weighted by atomic mass is 19.3. The minimum absolute atomic E-state index is 0.0383. The van der Waals surface area contributed by atoms with E-state index in [0.29, 0.717) is 4.57 Å². The number of hydrogen-bond donors (Lipinski definition) is 17. The second-order valence-electron chi connectivity index (χ2n) is 18.6. The van der Waals surface area contributed by atoms with Crippen LogP contribution < -0.4 is 56.9 Å². The molecule has 7 unspecified atom stereocenters. The number of aliphatic hydroxyl groups excluding tert-OH is 12. The highest BCUT2D eigenvalue weighted by molar-refractivity contribution is 5.24. The Morgan fingerprint density at radius 2 is 0.941 bits per heavy atom. The average Bonchev–Trinajstić information content (AvgIpc) is 3.88. The minimum atomic E-state index is -3.71. The van der Waals surface area contributed by atoms with Crippen molar-refractivity contribution in [3.63, 3.8) is 0 Å². The molecule has 21 N–H and O–H groups in total. The lowest BCUT2D eigenvalue weighted by atomic mass is 10.1. The van der Waals surface area contributed by atoms with E-state index in [-0.39, 0.29) is 43.0 Å². The number of aliphatic hydroxyl groups is 12. The number of H-pyrrole nitrogens is 1. The first kappa shape index (κ1) is 66.5. The van der Waals surface area contributed by atoms with E-state index in [2.05, 4.69) is 29.9 Å². The number of nitrogens with one attached hydrogen (secondary N) is 1. The van der Waals surface area contributed by atoms with E-state index in [0.717, 1.165) is 43.1 Å². The van der Waals surface area contributed by atoms with Gasteiger partial charge in [-0.25, -0.2) is 33.9 Å². The Bertz CT molecular complexity index is 3330. The molecule has 0 aromatic carbocycles. The molecule has 5 saturated heterocycles. The Kier molecular flexibility index (Phi) is 22.3. The van der Waals surface area contributed by atoms with E-state index < -0.39 is 177 Å². The van der Waals surface area contributed by atoms with E-state index >= 15 is 0 Å². The predicted octanol–water partition coefficient (Wildman–Crippen LogP) is -10.8. The fourth-order valence-corrected chi connectivity index (χ4v) is 8.42. The first-order chi connectivity index (χ1) is 40.1. The molecule has 17 atom stereocenters. The fourth-order valence-electron chi connectivity index (χ4n) is 8.42. The molecule has 5 aliphatic heterocycles. The van der Waals surface area contributed by atoms with Gasteiger partial charge in [0.15, 0.2) is 18.6 Å². The van der Waals surface area contributed by atoms with Crippen LogP contribution in [0.1, 0.15) is 44.0 Å². The molecule has 85 heavy (non-hydrogen) atoms. The van der Waals surface area contributed by atoms with Crippen LogP contribution >= 0.6 is 0 Å². The standard InChI is InChI=1S/C9H11F2N3O4.C9H11FN2O5.C9H13N3O5.C8H12N4O5.C8H12N4O4/c10-9(11)6(16)4(3-15)18-7(9)14-2-1-5(12)13-8(14)17;10-4-2-12(9(16)11-8(4)15)7-1-5(14)6(3-13)17-7;10-5-1-2-12(9(16)11-5)8-7(15)6(14)4(3-13)17-8;9-7-10-2-12(8(16)11-7)6-5(15)4(14)3(1-13)17-6;9-7-10-3-12(8(15)11-7)6-1-4(14)5(2-13)16-6/h1-2,4,6-7,15-16H,3H2,(H2,12,13,17);2,5-7,13-14H,1,3H2,(H,11,15,16);1-2,4,6-8,13-15H,3H2,(H2,10,11,16);2-6,13-15H,1H2,(H2,9,11,16);3-6,13-14H,1-2H2,(H2,9,11,15)/t4-,6?,7-;5?,6-,7-;4-,6?,7?,8-;3-,4?,5?,6-;4?,5-,6-/m11111/s1. The lowest BCUT2D eigenvalue weighted by Crippen LogP contribution is -2.41. The summed E-state index contributed by atoms with van der Waals surface area (Å²) in [5.41, 5.74) is 16.0. The van der Waals surface area contributed by atoms with Crippen LogP contribution in [0.4, 0.5) is 36.7 Å².